The van der Waals surface area contributed by atoms with Crippen LogP contribution in [0, 0.1) is 5.41 Å². The predicted molar refractivity (Wildman–Crippen MR) is 186 cm³/mol. The molecule has 4 aliphatic rings. The maximum atomic E-state index is 13.7. The number of hydrogen-bond donors (Lipinski definition) is 0. The summed E-state index contributed by atoms with van der Waals surface area (Å²) in [5, 5.41) is 1.05. The monoisotopic (exact) mass is 702 g/mol. The molecular formula is C38H49Cl3N2O4. The molecule has 3 aromatic rings. The first-order valence-electron chi connectivity index (χ1n) is 16.7. The number of hydrogen-bond acceptors (Lipinski definition) is 3. The first-order valence-corrected chi connectivity index (χ1v) is 17.4. The van der Waals surface area contributed by atoms with Crippen molar-refractivity contribution >= 4 is 29.1 Å². The first-order chi connectivity index (χ1) is 21.7. The number of fused-ring (bicyclic) bond motifs is 3. The molecule has 4 heterocycles. The van der Waals surface area contributed by atoms with Gasteiger partial charge in [0.2, 0.25) is 5.91 Å². The molecule has 3 aromatic carbocycles. The van der Waals surface area contributed by atoms with Gasteiger partial charge in [0.25, 0.3) is 0 Å². The fourth-order valence-corrected chi connectivity index (χ4v) is 8.23. The number of piperidine rings is 4. The summed E-state index contributed by atoms with van der Waals surface area (Å²) in [4.78, 5) is 15.7. The summed E-state index contributed by atoms with van der Waals surface area (Å²) in [6.07, 6.45) is 7.17. The Kier molecular flexibility index (Phi) is 12.7. The molecule has 4 aliphatic heterocycles. The minimum atomic E-state index is -0.619. The lowest BCUT2D eigenvalue weighted by Gasteiger charge is -2.55. The number of benzene rings is 3. The number of carbonyl (C=O) groups excluding carboxylic acids is 1. The quantitative estimate of drug-likeness (QED) is 0.280. The SMILES string of the molecule is CC(C)Oc1cccc(CC(=O)N2CCCC(OCC[N+]34CCC(Cc5ccccc5)(CC3)CC4)(c3ccc(Cl)c(Cl)c3)C2)c1.O.[Cl-]. The van der Waals surface area contributed by atoms with Gasteiger partial charge in [-0.15, -0.1) is 0 Å². The van der Waals surface area contributed by atoms with Gasteiger partial charge in [-0.05, 0) is 79.5 Å². The van der Waals surface area contributed by atoms with Gasteiger partial charge >= 0.3 is 0 Å². The van der Waals surface area contributed by atoms with E-state index in [2.05, 4.69) is 30.3 Å². The van der Waals surface area contributed by atoms with E-state index in [1.54, 1.807) is 0 Å². The fourth-order valence-electron chi connectivity index (χ4n) is 7.94. The second kappa shape index (κ2) is 15.9. The Bertz CT molecular complexity index is 1460. The van der Waals surface area contributed by atoms with Gasteiger partial charge in [0.15, 0.2) is 0 Å². The summed E-state index contributed by atoms with van der Waals surface area (Å²) in [7, 11) is 0. The molecule has 7 rings (SSSR count). The van der Waals surface area contributed by atoms with Crippen molar-refractivity contribution in [2.24, 2.45) is 5.41 Å². The topological polar surface area (TPSA) is 70.3 Å². The summed E-state index contributed by atoms with van der Waals surface area (Å²) in [5.74, 6) is 0.899. The molecule has 2 bridgehead atoms. The highest BCUT2D eigenvalue weighted by molar-refractivity contribution is 6.42. The molecule has 0 saturated carbocycles. The van der Waals surface area contributed by atoms with Crippen molar-refractivity contribution < 1.29 is 36.6 Å². The zero-order chi connectivity index (χ0) is 31.5. The molecule has 4 fully saturated rings. The van der Waals surface area contributed by atoms with E-state index >= 15 is 0 Å². The van der Waals surface area contributed by atoms with Crippen LogP contribution >= 0.6 is 23.2 Å². The lowest BCUT2D eigenvalue weighted by molar-refractivity contribution is -0.945. The van der Waals surface area contributed by atoms with Gasteiger partial charge in [-0.3, -0.25) is 4.79 Å². The van der Waals surface area contributed by atoms with Crippen molar-refractivity contribution in [3.8, 4) is 5.75 Å². The average molecular weight is 704 g/mol. The highest BCUT2D eigenvalue weighted by atomic mass is 35.5. The van der Waals surface area contributed by atoms with Crippen LogP contribution < -0.4 is 17.1 Å². The minimum absolute atomic E-state index is 0. The summed E-state index contributed by atoms with van der Waals surface area (Å²) in [5.41, 5.74) is 3.26. The minimum Gasteiger partial charge on any atom is -1.00 e. The summed E-state index contributed by atoms with van der Waals surface area (Å²) in [6.45, 7) is 10.6. The Morgan fingerprint density at radius 2 is 1.60 bits per heavy atom. The molecule has 1 atom stereocenters. The number of ether oxygens (including phenoxy) is 2. The van der Waals surface area contributed by atoms with Crippen LogP contribution in [-0.2, 0) is 28.0 Å². The van der Waals surface area contributed by atoms with Crippen LogP contribution in [0.5, 0.6) is 5.75 Å². The van der Waals surface area contributed by atoms with Gasteiger partial charge in [-0.2, -0.15) is 0 Å². The predicted octanol–water partition coefficient (Wildman–Crippen LogP) is 4.28. The van der Waals surface area contributed by atoms with E-state index in [1.165, 1.54) is 50.9 Å². The Labute approximate surface area is 296 Å². The van der Waals surface area contributed by atoms with Crippen LogP contribution in [0.2, 0.25) is 10.0 Å². The number of nitrogens with zero attached hydrogens (tertiary/aromatic N) is 2. The van der Waals surface area contributed by atoms with E-state index < -0.39 is 5.60 Å². The Balaban J connectivity index is 0.00000250. The smallest absolute Gasteiger partial charge is 0.227 e. The number of amides is 1. The zero-order valence-corrected chi connectivity index (χ0v) is 29.9. The van der Waals surface area contributed by atoms with E-state index in [-0.39, 0.29) is 29.9 Å². The van der Waals surface area contributed by atoms with Gasteiger partial charge in [0, 0.05) is 25.8 Å². The van der Waals surface area contributed by atoms with Crippen molar-refractivity contribution in [3.05, 3.63) is 99.5 Å². The van der Waals surface area contributed by atoms with Gasteiger partial charge in [0.1, 0.15) is 17.9 Å². The molecular weight excluding hydrogens is 655 g/mol. The van der Waals surface area contributed by atoms with E-state index in [9.17, 15) is 4.79 Å². The normalized spacial score (nSPS) is 25.2. The lowest BCUT2D eigenvalue weighted by Crippen LogP contribution is -3.00. The van der Waals surface area contributed by atoms with E-state index in [4.69, 9.17) is 32.7 Å². The van der Waals surface area contributed by atoms with Crippen molar-refractivity contribution in [1.29, 1.82) is 0 Å². The molecule has 6 nitrogen and oxygen atoms in total. The lowest BCUT2D eigenvalue weighted by atomic mass is 9.67. The van der Waals surface area contributed by atoms with E-state index in [0.29, 0.717) is 35.0 Å². The molecule has 0 spiro atoms. The summed E-state index contributed by atoms with van der Waals surface area (Å²) in [6, 6.07) is 24.7. The molecule has 0 aromatic heterocycles. The van der Waals surface area contributed by atoms with E-state index in [0.717, 1.165) is 47.3 Å². The molecule has 0 radical (unpaired) electrons. The van der Waals surface area contributed by atoms with Crippen molar-refractivity contribution in [2.75, 3.05) is 45.9 Å². The van der Waals surface area contributed by atoms with Crippen LogP contribution in [0.15, 0.2) is 72.8 Å². The van der Waals surface area contributed by atoms with Crippen LogP contribution in [-0.4, -0.2) is 72.7 Å². The molecule has 1 amide bonds. The maximum absolute atomic E-state index is 13.7. The summed E-state index contributed by atoms with van der Waals surface area (Å²) >= 11 is 12.9. The molecule has 1 unspecified atom stereocenters. The molecule has 47 heavy (non-hydrogen) atoms. The number of quaternary nitrogens is 1. The van der Waals surface area contributed by atoms with Crippen molar-refractivity contribution in [3.63, 3.8) is 0 Å². The van der Waals surface area contributed by atoms with Crippen molar-refractivity contribution in [2.45, 2.75) is 70.5 Å². The largest absolute Gasteiger partial charge is 1.00 e. The van der Waals surface area contributed by atoms with Crippen LogP contribution in [0.25, 0.3) is 0 Å². The van der Waals surface area contributed by atoms with Gasteiger partial charge in [-0.1, -0.05) is 71.7 Å². The van der Waals surface area contributed by atoms with E-state index in [1.807, 2.05) is 61.2 Å². The number of carbonyl (C=O) groups is 1. The third kappa shape index (κ3) is 8.83. The van der Waals surface area contributed by atoms with Crippen LogP contribution in [0.1, 0.15) is 62.6 Å². The van der Waals surface area contributed by atoms with Crippen LogP contribution in [0.4, 0.5) is 0 Å². The fraction of sp³-hybridized carbons (Fsp3) is 0.500. The highest BCUT2D eigenvalue weighted by Gasteiger charge is 2.49. The molecule has 4 saturated heterocycles. The molecule has 9 heteroatoms. The number of rotatable bonds is 11. The molecule has 0 aliphatic carbocycles. The average Bonchev–Trinajstić information content (AvgIpc) is 3.04. The second-order valence-electron chi connectivity index (χ2n) is 14.0. The van der Waals surface area contributed by atoms with Crippen LogP contribution in [0.3, 0.4) is 0 Å². The first kappa shape index (κ1) is 37.5. The van der Waals surface area contributed by atoms with Gasteiger partial charge in [-0.25, -0.2) is 0 Å². The Hall–Kier alpha value is -2.32. The van der Waals surface area contributed by atoms with Gasteiger partial charge in [0.05, 0.1) is 55.4 Å². The second-order valence-corrected chi connectivity index (χ2v) is 14.8. The van der Waals surface area contributed by atoms with Crippen molar-refractivity contribution in [1.82, 2.24) is 4.90 Å². The number of halogens is 3. The summed E-state index contributed by atoms with van der Waals surface area (Å²) < 4.78 is 14.0. The molecule has 256 valence electrons. The third-order valence-electron chi connectivity index (χ3n) is 10.6. The maximum Gasteiger partial charge on any atom is 0.227 e. The number of likely N-dealkylation sites (tertiary alicyclic amines) is 1. The Morgan fingerprint density at radius 3 is 2.28 bits per heavy atom. The highest BCUT2D eigenvalue weighted by Crippen LogP contribution is 2.46. The third-order valence-corrected chi connectivity index (χ3v) is 11.3. The Morgan fingerprint density at radius 1 is 0.894 bits per heavy atom. The van der Waals surface area contributed by atoms with Gasteiger partial charge < -0.3 is 36.7 Å². The zero-order valence-electron chi connectivity index (χ0n) is 27.7. The molecule has 2 N–H and O–H groups in total. The standard InChI is InChI=1S/C38H47Cl2N2O3.ClH.H2O/c1-29(2)45-33-11-6-10-31(24-33)25-36(43)41-18-7-14-38(28-41,32-12-13-34(39)35(40)26-32)44-23-22-42-19-15-37(16-20-42,17-21-42)27-30-8-4-3-5-9-30;;/h3-6,8-13,24,26,29H,7,14-23,25,27-28H2,1-2H3;1H;1H2/q+1;;/p-1.